The number of aromatic nitrogens is 1. The molecule has 2 fully saturated rings. The molecular weight excluding hydrogens is 288 g/mol. The quantitative estimate of drug-likeness (QED) is 0.782. The third-order valence-corrected chi connectivity index (χ3v) is 5.06. The van der Waals surface area contributed by atoms with Crippen LogP contribution in [0.25, 0.3) is 0 Å². The van der Waals surface area contributed by atoms with Gasteiger partial charge >= 0.3 is 0 Å². The number of hydrogen-bond acceptors (Lipinski definition) is 3. The molecule has 0 unspecified atom stereocenters. The van der Waals surface area contributed by atoms with Crippen molar-refractivity contribution in [1.29, 1.82) is 0 Å². The lowest BCUT2D eigenvalue weighted by Crippen LogP contribution is -2.55. The Morgan fingerprint density at radius 2 is 1.83 bits per heavy atom. The zero-order valence-corrected chi connectivity index (χ0v) is 14.8. The molecule has 1 spiro atoms. The van der Waals surface area contributed by atoms with E-state index in [0.29, 0.717) is 17.5 Å². The summed E-state index contributed by atoms with van der Waals surface area (Å²) in [7, 11) is 0. The van der Waals surface area contributed by atoms with Gasteiger partial charge in [-0.05, 0) is 50.3 Å². The molecule has 0 radical (unpaired) electrons. The van der Waals surface area contributed by atoms with Crippen molar-refractivity contribution >= 4 is 5.78 Å². The first kappa shape index (κ1) is 17.9. The molecule has 2 aliphatic rings. The summed E-state index contributed by atoms with van der Waals surface area (Å²) in [5.74, 6) is -0.153. The van der Waals surface area contributed by atoms with Gasteiger partial charge in [-0.25, -0.2) is 0 Å². The summed E-state index contributed by atoms with van der Waals surface area (Å²) in [4.78, 5) is 26.0. The molecule has 1 saturated carbocycles. The van der Waals surface area contributed by atoms with Crippen LogP contribution in [0.4, 0.5) is 0 Å². The second kappa shape index (κ2) is 7.91. The maximum atomic E-state index is 12.1. The molecule has 0 atom stereocenters. The number of carbonyl (C=O) groups is 1. The fraction of sp³-hybridized carbons (Fsp3) is 0.684. The molecule has 128 valence electrons. The minimum absolute atomic E-state index is 0.152. The minimum atomic E-state index is -0.153. The van der Waals surface area contributed by atoms with Gasteiger partial charge in [0, 0.05) is 25.8 Å². The van der Waals surface area contributed by atoms with Gasteiger partial charge in [0.1, 0.15) is 0 Å². The molecule has 0 N–H and O–H groups in total. The third kappa shape index (κ3) is 4.11. The molecule has 1 aromatic rings. The summed E-state index contributed by atoms with van der Waals surface area (Å²) in [5, 5.41) is 0. The van der Waals surface area contributed by atoms with Crippen molar-refractivity contribution in [1.82, 2.24) is 9.47 Å². The Morgan fingerprint density at radius 1 is 1.17 bits per heavy atom. The van der Waals surface area contributed by atoms with Crippen molar-refractivity contribution in [3.8, 4) is 0 Å². The summed E-state index contributed by atoms with van der Waals surface area (Å²) in [6.07, 6.45) is 8.37. The van der Waals surface area contributed by atoms with Crippen LogP contribution in [0.1, 0.15) is 63.2 Å². The molecule has 4 heteroatoms. The molecule has 3 rings (SSSR count). The van der Waals surface area contributed by atoms with Crippen LogP contribution in [0.15, 0.2) is 23.1 Å². The van der Waals surface area contributed by atoms with Crippen molar-refractivity contribution in [2.75, 3.05) is 19.6 Å². The van der Waals surface area contributed by atoms with E-state index in [-0.39, 0.29) is 11.3 Å². The molecule has 1 aromatic heterocycles. The van der Waals surface area contributed by atoms with Crippen molar-refractivity contribution in [2.24, 2.45) is 5.41 Å². The molecule has 0 amide bonds. The molecule has 4 nitrogen and oxygen atoms in total. The highest BCUT2D eigenvalue weighted by Gasteiger charge is 2.43. The molecule has 0 bridgehead atoms. The van der Waals surface area contributed by atoms with Crippen molar-refractivity contribution in [3.05, 3.63) is 34.2 Å². The molecule has 1 aliphatic heterocycles. The van der Waals surface area contributed by atoms with Crippen molar-refractivity contribution < 1.29 is 4.79 Å². The SMILES string of the molecule is CC.CC(=O)c1cccn(CCCN2CC3(CCCC3)C2)c1=O. The fourth-order valence-electron chi connectivity index (χ4n) is 3.95. The number of likely N-dealkylation sites (tertiary alicyclic amines) is 1. The zero-order chi connectivity index (χ0) is 16.9. The maximum Gasteiger partial charge on any atom is 0.261 e. The highest BCUT2D eigenvalue weighted by molar-refractivity contribution is 5.93. The molecule has 0 aromatic carbocycles. The highest BCUT2D eigenvalue weighted by Crippen LogP contribution is 2.45. The van der Waals surface area contributed by atoms with Crippen LogP contribution < -0.4 is 5.56 Å². The van der Waals surface area contributed by atoms with Crippen molar-refractivity contribution in [2.45, 2.75) is 59.4 Å². The highest BCUT2D eigenvalue weighted by atomic mass is 16.1. The smallest absolute Gasteiger partial charge is 0.261 e. The fourth-order valence-corrected chi connectivity index (χ4v) is 3.95. The lowest BCUT2D eigenvalue weighted by atomic mass is 9.78. The number of hydrogen-bond donors (Lipinski definition) is 0. The normalized spacial score (nSPS) is 19.1. The van der Waals surface area contributed by atoms with E-state index in [9.17, 15) is 9.59 Å². The second-order valence-electron chi connectivity index (χ2n) is 6.75. The first-order valence-electron chi connectivity index (χ1n) is 9.02. The van der Waals surface area contributed by atoms with Crippen LogP contribution in [0.5, 0.6) is 0 Å². The van der Waals surface area contributed by atoms with Gasteiger partial charge in [0.05, 0.1) is 5.56 Å². The van der Waals surface area contributed by atoms with Crippen LogP contribution in [0.3, 0.4) is 0 Å². The first-order valence-corrected chi connectivity index (χ1v) is 9.02. The monoisotopic (exact) mass is 318 g/mol. The number of rotatable bonds is 5. The second-order valence-corrected chi connectivity index (χ2v) is 6.75. The standard InChI is InChI=1S/C17H24N2O2.C2H6/c1-14(20)15-6-4-10-19(16(15)21)11-5-9-18-12-17(13-18)7-2-3-8-17;1-2/h4,6,10H,2-3,5,7-9,11-13H2,1H3;1-2H3. The minimum Gasteiger partial charge on any atom is -0.315 e. The van der Waals surface area contributed by atoms with Gasteiger partial charge in [0.2, 0.25) is 0 Å². The van der Waals surface area contributed by atoms with E-state index in [1.807, 2.05) is 13.8 Å². The van der Waals surface area contributed by atoms with Gasteiger partial charge in [-0.15, -0.1) is 0 Å². The van der Waals surface area contributed by atoms with E-state index in [4.69, 9.17) is 0 Å². The Hall–Kier alpha value is -1.42. The molecule has 1 saturated heterocycles. The number of nitrogens with zero attached hydrogens (tertiary/aromatic N) is 2. The summed E-state index contributed by atoms with van der Waals surface area (Å²) < 4.78 is 1.67. The Morgan fingerprint density at radius 3 is 2.43 bits per heavy atom. The van der Waals surface area contributed by atoms with Gasteiger partial charge in [-0.2, -0.15) is 0 Å². The molecule has 23 heavy (non-hydrogen) atoms. The summed E-state index contributed by atoms with van der Waals surface area (Å²) in [5.41, 5.74) is 0.790. The van der Waals surface area contributed by atoms with Crippen LogP contribution >= 0.6 is 0 Å². The van der Waals surface area contributed by atoms with E-state index in [0.717, 1.165) is 13.0 Å². The van der Waals surface area contributed by atoms with E-state index in [1.165, 1.54) is 45.7 Å². The zero-order valence-electron chi connectivity index (χ0n) is 14.8. The van der Waals surface area contributed by atoms with Gasteiger partial charge < -0.3 is 9.47 Å². The predicted molar refractivity (Wildman–Crippen MR) is 94.0 cm³/mol. The predicted octanol–water partition coefficient (Wildman–Crippen LogP) is 3.34. The van der Waals surface area contributed by atoms with Gasteiger partial charge in [0.25, 0.3) is 5.56 Å². The van der Waals surface area contributed by atoms with E-state index in [1.54, 1.807) is 22.9 Å². The molecule has 2 heterocycles. The number of carbonyl (C=O) groups excluding carboxylic acids is 1. The number of ketones is 1. The van der Waals surface area contributed by atoms with E-state index >= 15 is 0 Å². The van der Waals surface area contributed by atoms with E-state index in [2.05, 4.69) is 4.90 Å². The largest absolute Gasteiger partial charge is 0.315 e. The maximum absolute atomic E-state index is 12.1. The summed E-state index contributed by atoms with van der Waals surface area (Å²) in [6.45, 7) is 9.69. The lowest BCUT2D eigenvalue weighted by molar-refractivity contribution is 0.00486. The number of aryl methyl sites for hydroxylation is 1. The number of pyridine rings is 1. The van der Waals surface area contributed by atoms with Crippen LogP contribution in [0.2, 0.25) is 0 Å². The first-order chi connectivity index (χ1) is 11.1. The van der Waals surface area contributed by atoms with Crippen LogP contribution in [-0.2, 0) is 6.54 Å². The molecule has 1 aliphatic carbocycles. The van der Waals surface area contributed by atoms with E-state index < -0.39 is 0 Å². The third-order valence-electron chi connectivity index (χ3n) is 5.06. The van der Waals surface area contributed by atoms with Gasteiger partial charge in [-0.1, -0.05) is 26.7 Å². The summed E-state index contributed by atoms with van der Waals surface area (Å²) in [6, 6.07) is 3.40. The average molecular weight is 318 g/mol. The molecular formula is C19H30N2O2. The Kier molecular flexibility index (Phi) is 6.17. The Bertz CT molecular complexity index is 577. The van der Waals surface area contributed by atoms with Crippen LogP contribution in [0, 0.1) is 5.41 Å². The van der Waals surface area contributed by atoms with Gasteiger partial charge in [0.15, 0.2) is 5.78 Å². The lowest BCUT2D eigenvalue weighted by Gasteiger charge is -2.48. The van der Waals surface area contributed by atoms with Crippen LogP contribution in [-0.4, -0.2) is 34.9 Å². The van der Waals surface area contributed by atoms with Gasteiger partial charge in [-0.3, -0.25) is 9.59 Å². The Labute approximate surface area is 139 Å². The number of Topliss-reactive ketones (excluding diaryl/α,β-unsaturated/α-hetero) is 1. The average Bonchev–Trinajstić information content (AvgIpc) is 3.00. The Balaban J connectivity index is 0.000000924. The topological polar surface area (TPSA) is 42.3 Å². The summed E-state index contributed by atoms with van der Waals surface area (Å²) >= 11 is 0. The van der Waals surface area contributed by atoms with Crippen molar-refractivity contribution in [3.63, 3.8) is 0 Å².